The fourth-order valence-corrected chi connectivity index (χ4v) is 6.95. The number of nitrogens with zero attached hydrogens (tertiary/aromatic N) is 1. The maximum Gasteiger partial charge on any atom is 0.306 e. The van der Waals surface area contributed by atoms with Crippen molar-refractivity contribution in [3.63, 3.8) is 0 Å². The monoisotopic (exact) mass is 848 g/mol. The number of nitrogens with two attached hydrogens (primary N) is 1. The lowest BCUT2D eigenvalue weighted by molar-refractivity contribution is -0.870. The topological polar surface area (TPSA) is 200 Å². The average Bonchev–Trinajstić information content (AvgIpc) is 3.15. The first kappa shape index (κ1) is 55.6. The van der Waals surface area contributed by atoms with Crippen LogP contribution in [0.15, 0.2) is 0 Å². The molecule has 0 saturated carbocycles. The van der Waals surface area contributed by atoms with Crippen molar-refractivity contribution in [1.82, 2.24) is 5.32 Å². The minimum atomic E-state index is -4.68. The van der Waals surface area contributed by atoms with E-state index in [1.165, 1.54) is 57.8 Å². The van der Waals surface area contributed by atoms with E-state index in [9.17, 15) is 33.4 Å². The average molecular weight is 848 g/mol. The van der Waals surface area contributed by atoms with Crippen molar-refractivity contribution in [3.8, 4) is 0 Å². The molecule has 0 aromatic heterocycles. The maximum absolute atomic E-state index is 12.7. The molecule has 0 aliphatic rings. The highest BCUT2D eigenvalue weighted by molar-refractivity contribution is 7.45. The molecule has 2 amide bonds. The van der Waals surface area contributed by atoms with Crippen molar-refractivity contribution in [2.45, 2.75) is 199 Å². The van der Waals surface area contributed by atoms with Crippen LogP contribution >= 0.6 is 7.82 Å². The number of quaternary nitrogens is 1. The Hall–Kier alpha value is -2.38. The summed E-state index contributed by atoms with van der Waals surface area (Å²) < 4.78 is 33.7. The number of nitrogens with one attached hydrogen (secondary N) is 1. The second-order valence-electron chi connectivity index (χ2n) is 16.7. The molecule has 340 valence electrons. The Labute approximate surface area is 351 Å². The van der Waals surface area contributed by atoms with E-state index in [4.69, 9.17) is 24.3 Å². The number of phosphoric acid groups is 1. The first-order valence-electron chi connectivity index (χ1n) is 22.4. The molecule has 0 aliphatic carbocycles. The van der Waals surface area contributed by atoms with Crippen LogP contribution in [-0.2, 0) is 47.1 Å². The Kier molecular flexibility index (Phi) is 33.9. The van der Waals surface area contributed by atoms with Crippen LogP contribution in [-0.4, -0.2) is 93.7 Å². The van der Waals surface area contributed by atoms with Crippen LogP contribution in [0.5, 0.6) is 0 Å². The number of carbonyl (C=O) groups is 5. The second-order valence-corrected chi connectivity index (χ2v) is 18.1. The summed E-state index contributed by atoms with van der Waals surface area (Å²) in [6.45, 7) is 3.46. The molecule has 14 nitrogen and oxygen atoms in total. The number of likely N-dealkylation sites (N-methyl/N-ethyl adjacent to an activating group) is 1. The summed E-state index contributed by atoms with van der Waals surface area (Å²) in [7, 11) is 1.03. The minimum absolute atomic E-state index is 0.0702. The van der Waals surface area contributed by atoms with E-state index in [0.29, 0.717) is 49.6 Å². The highest BCUT2D eigenvalue weighted by Gasteiger charge is 2.22. The number of primary amides is 1. The van der Waals surface area contributed by atoms with E-state index in [2.05, 4.69) is 12.2 Å². The zero-order chi connectivity index (χ0) is 43.5. The number of unbranched alkanes of at least 4 members (excludes halogenated alkanes) is 18. The molecule has 0 rings (SSSR count). The van der Waals surface area contributed by atoms with Crippen LogP contribution < -0.4 is 15.9 Å². The standard InChI is InChI=1S/C43H82N3O11P/c1-6-8-9-10-11-12-13-14-15-16-17-20-26-31-41(49)54-35-38(36-56-58(52,53)55-34-33-46(3,4)5)57-42(50)32-27-21-18-19-23-28-37(47)29-24-22-25-30-39(43(44)51)45-40(48)7-2/h38-39H,6-36H2,1-5H3,(H3-,44,45,48,51,52,53)/t38-,39?/m1/s1. The molecule has 0 aliphatic heterocycles. The Bertz CT molecular complexity index is 1160. The van der Waals surface area contributed by atoms with E-state index >= 15 is 0 Å². The van der Waals surface area contributed by atoms with Crippen LogP contribution in [0, 0.1) is 0 Å². The molecule has 15 heteroatoms. The molecule has 0 aromatic rings. The Morgan fingerprint density at radius 3 is 1.59 bits per heavy atom. The smallest absolute Gasteiger partial charge is 0.306 e. The first-order chi connectivity index (χ1) is 27.6. The lowest BCUT2D eigenvalue weighted by Crippen LogP contribution is -2.44. The summed E-state index contributed by atoms with van der Waals surface area (Å²) in [5, 5.41) is 2.62. The molecule has 0 heterocycles. The molecule has 0 fully saturated rings. The summed E-state index contributed by atoms with van der Waals surface area (Å²) in [6, 6.07) is -0.680. The normalized spacial score (nSPS) is 13.7. The van der Waals surface area contributed by atoms with Crippen molar-refractivity contribution in [1.29, 1.82) is 0 Å². The molecule has 0 bridgehead atoms. The molecule has 0 radical (unpaired) electrons. The zero-order valence-corrected chi connectivity index (χ0v) is 37.9. The van der Waals surface area contributed by atoms with Gasteiger partial charge in [0.15, 0.2) is 6.10 Å². The number of rotatable bonds is 41. The molecular weight excluding hydrogens is 765 g/mol. The highest BCUT2D eigenvalue weighted by atomic mass is 31.2. The number of hydrogen-bond donors (Lipinski definition) is 2. The predicted molar refractivity (Wildman–Crippen MR) is 225 cm³/mol. The number of phosphoric ester groups is 1. The molecule has 2 unspecified atom stereocenters. The third-order valence-corrected chi connectivity index (χ3v) is 10.9. The van der Waals surface area contributed by atoms with Gasteiger partial charge in [0.2, 0.25) is 11.8 Å². The van der Waals surface area contributed by atoms with Gasteiger partial charge in [-0.15, -0.1) is 0 Å². The largest absolute Gasteiger partial charge is 0.756 e. The van der Waals surface area contributed by atoms with Gasteiger partial charge in [0.05, 0.1) is 27.7 Å². The third kappa shape index (κ3) is 36.7. The molecule has 0 saturated heterocycles. The third-order valence-electron chi connectivity index (χ3n) is 9.93. The highest BCUT2D eigenvalue weighted by Crippen LogP contribution is 2.38. The number of carbonyl (C=O) groups excluding carboxylic acids is 5. The van der Waals surface area contributed by atoms with Crippen LogP contribution in [0.4, 0.5) is 0 Å². The maximum atomic E-state index is 12.7. The van der Waals surface area contributed by atoms with Crippen molar-refractivity contribution >= 4 is 37.4 Å². The number of ether oxygens (including phenoxy) is 2. The molecule has 58 heavy (non-hydrogen) atoms. The zero-order valence-electron chi connectivity index (χ0n) is 37.0. The van der Waals surface area contributed by atoms with Crippen molar-refractivity contribution in [2.24, 2.45) is 5.73 Å². The summed E-state index contributed by atoms with van der Waals surface area (Å²) in [6.07, 6.45) is 22.4. The van der Waals surface area contributed by atoms with Gasteiger partial charge in [0, 0.05) is 32.1 Å². The molecule has 0 aromatic carbocycles. The van der Waals surface area contributed by atoms with Crippen LogP contribution in [0.1, 0.15) is 187 Å². The van der Waals surface area contributed by atoms with Gasteiger partial charge >= 0.3 is 11.9 Å². The van der Waals surface area contributed by atoms with E-state index < -0.39 is 44.4 Å². The predicted octanol–water partition coefficient (Wildman–Crippen LogP) is 7.76. The second kappa shape index (κ2) is 35.4. The van der Waals surface area contributed by atoms with E-state index in [1.54, 1.807) is 6.92 Å². The Morgan fingerprint density at radius 2 is 1.10 bits per heavy atom. The van der Waals surface area contributed by atoms with Crippen LogP contribution in [0.3, 0.4) is 0 Å². The van der Waals surface area contributed by atoms with Gasteiger partial charge < -0.3 is 38.9 Å². The Morgan fingerprint density at radius 1 is 0.638 bits per heavy atom. The van der Waals surface area contributed by atoms with Crippen molar-refractivity contribution < 1.29 is 56.4 Å². The van der Waals surface area contributed by atoms with Gasteiger partial charge in [-0.05, 0) is 32.1 Å². The SMILES string of the molecule is CCCCCCCCCCCCCCCC(=O)OC[C@H](COP(=O)([O-])OCC[N+](C)(C)C)OC(=O)CCCCCCCC(=O)CCCCCC(NC(=O)CC)C(N)=O. The number of amides is 2. The van der Waals surface area contributed by atoms with Gasteiger partial charge in [0.1, 0.15) is 31.6 Å². The molecule has 0 spiro atoms. The lowest BCUT2D eigenvalue weighted by Gasteiger charge is -2.28. The summed E-state index contributed by atoms with van der Waals surface area (Å²) in [5.41, 5.74) is 5.37. The molecular formula is C43H82N3O11P. The first-order valence-corrected chi connectivity index (χ1v) is 23.9. The van der Waals surface area contributed by atoms with Crippen molar-refractivity contribution in [2.75, 3.05) is 47.5 Å². The summed E-state index contributed by atoms with van der Waals surface area (Å²) >= 11 is 0. The van der Waals surface area contributed by atoms with Crippen molar-refractivity contribution in [3.05, 3.63) is 0 Å². The fourth-order valence-electron chi connectivity index (χ4n) is 6.22. The number of esters is 2. The van der Waals surface area contributed by atoms with E-state index in [-0.39, 0.29) is 44.2 Å². The van der Waals surface area contributed by atoms with Gasteiger partial charge in [-0.2, -0.15) is 0 Å². The lowest BCUT2D eigenvalue weighted by atomic mass is 10.0. The fraction of sp³-hybridized carbons (Fsp3) is 0.884. The summed E-state index contributed by atoms with van der Waals surface area (Å²) in [4.78, 5) is 72.9. The van der Waals surface area contributed by atoms with Gasteiger partial charge in [0.25, 0.3) is 7.82 Å². The van der Waals surface area contributed by atoms with Crippen LogP contribution in [0.2, 0.25) is 0 Å². The van der Waals surface area contributed by atoms with Gasteiger partial charge in [-0.1, -0.05) is 123 Å². The van der Waals surface area contributed by atoms with E-state index in [0.717, 1.165) is 57.8 Å². The van der Waals surface area contributed by atoms with Gasteiger partial charge in [-0.25, -0.2) is 0 Å². The van der Waals surface area contributed by atoms with Crippen LogP contribution in [0.25, 0.3) is 0 Å². The summed E-state index contributed by atoms with van der Waals surface area (Å²) in [5.74, 6) is -1.56. The quantitative estimate of drug-likeness (QED) is 0.0264. The number of hydrogen-bond acceptors (Lipinski definition) is 11. The molecule has 3 N–H and O–H groups in total. The van der Waals surface area contributed by atoms with Gasteiger partial charge in [-0.3, -0.25) is 28.5 Å². The molecule has 3 atom stereocenters. The number of Topliss-reactive ketones (excluding diaryl/α,β-unsaturated/α-hetero) is 1. The number of ketones is 1. The minimum Gasteiger partial charge on any atom is -0.756 e. The van der Waals surface area contributed by atoms with E-state index in [1.807, 2.05) is 21.1 Å². The Balaban J connectivity index is 4.46.